The maximum atomic E-state index is 12.9. The van der Waals surface area contributed by atoms with Crippen molar-refractivity contribution in [2.24, 2.45) is 5.92 Å². The van der Waals surface area contributed by atoms with Crippen LogP contribution in [0.1, 0.15) is 98.7 Å². The Morgan fingerprint density at radius 2 is 1.38 bits per heavy atom. The van der Waals surface area contributed by atoms with Crippen molar-refractivity contribution < 1.29 is 62.1 Å². The van der Waals surface area contributed by atoms with Gasteiger partial charge >= 0.3 is 6.09 Å². The van der Waals surface area contributed by atoms with Crippen LogP contribution in [0.15, 0.2) is 73.7 Å². The van der Waals surface area contributed by atoms with Crippen molar-refractivity contribution in [2.45, 2.75) is 96.5 Å². The smallest absolute Gasteiger partial charge is 0.415 e. The second kappa shape index (κ2) is 37.0. The molecule has 90 heavy (non-hydrogen) atoms. The van der Waals surface area contributed by atoms with Crippen LogP contribution in [0.5, 0.6) is 5.88 Å². The molecule has 2 saturated heterocycles. The summed E-state index contributed by atoms with van der Waals surface area (Å²) < 4.78 is 58.2. The summed E-state index contributed by atoms with van der Waals surface area (Å²) in [7, 11) is 0. The Morgan fingerprint density at radius 1 is 0.744 bits per heavy atom. The molecule has 1 saturated carbocycles. The molecule has 2 amide bonds. The number of piperazine rings is 1. The third-order valence-corrected chi connectivity index (χ3v) is 16.4. The first-order valence-corrected chi connectivity index (χ1v) is 32.3. The van der Waals surface area contributed by atoms with Gasteiger partial charge in [-0.25, -0.2) is 19.7 Å². The van der Waals surface area contributed by atoms with Crippen LogP contribution >= 0.6 is 0 Å². The van der Waals surface area contributed by atoms with Crippen LogP contribution in [0.25, 0.3) is 5.65 Å². The van der Waals surface area contributed by atoms with Gasteiger partial charge in [0.15, 0.2) is 5.65 Å². The number of aliphatic hydroxyl groups excluding tert-OH is 1. The van der Waals surface area contributed by atoms with E-state index in [2.05, 4.69) is 86.3 Å². The summed E-state index contributed by atoms with van der Waals surface area (Å²) in [6.45, 7) is 20.1. The summed E-state index contributed by atoms with van der Waals surface area (Å²) in [5, 5.41) is 21.3. The van der Waals surface area contributed by atoms with Gasteiger partial charge in [-0.1, -0.05) is 56.7 Å². The number of aryl methyl sites for hydroxylation is 1. The van der Waals surface area contributed by atoms with Gasteiger partial charge in [0.05, 0.1) is 130 Å². The van der Waals surface area contributed by atoms with Crippen LogP contribution in [0, 0.1) is 5.92 Å². The van der Waals surface area contributed by atoms with Crippen molar-refractivity contribution in [2.75, 3.05) is 179 Å². The lowest BCUT2D eigenvalue weighted by atomic mass is 9.96. The number of aliphatic hydroxyl groups is 1. The lowest BCUT2D eigenvalue weighted by Crippen LogP contribution is -2.49. The zero-order valence-corrected chi connectivity index (χ0v) is 52.7. The number of cyclic esters (lactones) is 1. The molecule has 25 nitrogen and oxygen atoms in total. The summed E-state index contributed by atoms with van der Waals surface area (Å²) in [6, 6.07) is 15.2. The Labute approximate surface area is 529 Å². The van der Waals surface area contributed by atoms with Gasteiger partial charge in [0.2, 0.25) is 17.7 Å². The first kappa shape index (κ1) is 67.7. The zero-order chi connectivity index (χ0) is 62.5. The van der Waals surface area contributed by atoms with Crippen LogP contribution in [0.2, 0.25) is 0 Å². The Balaban J connectivity index is 0.528. The van der Waals surface area contributed by atoms with Crippen LogP contribution in [-0.2, 0) is 67.0 Å². The van der Waals surface area contributed by atoms with Gasteiger partial charge in [-0.15, -0.1) is 0 Å². The van der Waals surface area contributed by atoms with Gasteiger partial charge in [-0.2, -0.15) is 14.6 Å². The predicted octanol–water partition coefficient (Wildman–Crippen LogP) is 6.84. The molecule has 25 heteroatoms. The summed E-state index contributed by atoms with van der Waals surface area (Å²) in [6.07, 6.45) is 14.9. The normalized spacial score (nSPS) is 16.9. The van der Waals surface area contributed by atoms with Crippen molar-refractivity contribution in [1.82, 2.24) is 39.3 Å². The average Bonchev–Trinajstić information content (AvgIpc) is 1.72. The molecule has 3 N–H and O–H groups in total. The Bertz CT molecular complexity index is 2930. The van der Waals surface area contributed by atoms with Crippen molar-refractivity contribution >= 4 is 41.0 Å². The number of hydrogen-bond donors (Lipinski definition) is 3. The van der Waals surface area contributed by atoms with E-state index in [0.717, 1.165) is 110 Å². The highest BCUT2D eigenvalue weighted by Crippen LogP contribution is 2.41. The van der Waals surface area contributed by atoms with Crippen LogP contribution < -0.4 is 25.2 Å². The monoisotopic (exact) mass is 1250 g/mol. The molecule has 9 rings (SSSR count). The number of hydrogen-bond acceptors (Lipinski definition) is 22. The van der Waals surface area contributed by atoms with Crippen LogP contribution in [-0.4, -0.2) is 221 Å². The summed E-state index contributed by atoms with van der Waals surface area (Å²) in [5.41, 5.74) is 6.06. The van der Waals surface area contributed by atoms with Gasteiger partial charge in [0.25, 0.3) is 0 Å². The average molecular weight is 1250 g/mol. The van der Waals surface area contributed by atoms with Gasteiger partial charge in [-0.05, 0) is 74.1 Å². The van der Waals surface area contributed by atoms with Gasteiger partial charge in [-0.3, -0.25) is 14.6 Å². The first-order valence-electron chi connectivity index (χ1n) is 32.3. The van der Waals surface area contributed by atoms with E-state index in [0.29, 0.717) is 136 Å². The highest BCUT2D eigenvalue weighted by atomic mass is 16.6. The number of benzene rings is 1. The number of fused-ring (bicyclic) bond motifs is 2. The number of pyridine rings is 1. The molecule has 7 heterocycles. The van der Waals surface area contributed by atoms with Crippen LogP contribution in [0.3, 0.4) is 0 Å². The van der Waals surface area contributed by atoms with Crippen LogP contribution in [0.4, 0.5) is 28.2 Å². The largest absolute Gasteiger partial charge is 0.475 e. The maximum Gasteiger partial charge on any atom is 0.415 e. The minimum Gasteiger partial charge on any atom is -0.475 e. The summed E-state index contributed by atoms with van der Waals surface area (Å²) in [5.74, 6) is 3.99. The second-order valence-electron chi connectivity index (χ2n) is 22.8. The minimum absolute atomic E-state index is 0.00254. The Hall–Kier alpha value is -6.65. The lowest BCUT2D eigenvalue weighted by molar-refractivity contribution is -0.128. The Morgan fingerprint density at radius 3 is 1.98 bits per heavy atom. The van der Waals surface area contributed by atoms with Gasteiger partial charge in [0, 0.05) is 88.0 Å². The van der Waals surface area contributed by atoms with Crippen molar-refractivity contribution in [3.63, 3.8) is 0 Å². The minimum atomic E-state index is -0.481. The number of nitrogens with zero attached hydrogens (tertiary/aromatic N) is 10. The predicted molar refractivity (Wildman–Crippen MR) is 339 cm³/mol. The third kappa shape index (κ3) is 20.9. The molecule has 3 atom stereocenters. The number of nitrogens with one attached hydrogen (secondary N) is 2. The molecule has 1 aliphatic carbocycles. The van der Waals surface area contributed by atoms with Crippen molar-refractivity contribution in [3.8, 4) is 5.88 Å². The number of ether oxygens (including phenoxy) is 10. The SMILES string of the molecule is C=CC(=O)N1CCN([C@@H](CC2CC2)c2ccc([C@H](C)Nc3ncc4c(n3)N(CCOCCOCCOCCOCCOCCOCCOCCOCCOc3ccc(CNc5cc(N6CCCC[C@H]6CCO)nc6c(CC)cnn56)cn3)C(=O)OC4)cc2)CC1. The molecule has 1 aromatic carbocycles. The summed E-state index contributed by atoms with van der Waals surface area (Å²) in [4.78, 5) is 52.1. The summed E-state index contributed by atoms with van der Waals surface area (Å²) >= 11 is 0. The molecule has 0 unspecified atom stereocenters. The van der Waals surface area contributed by atoms with Gasteiger partial charge < -0.3 is 72.9 Å². The number of anilines is 4. The highest BCUT2D eigenvalue weighted by molar-refractivity contribution is 5.89. The number of amides is 2. The standard InChI is InChI=1S/C65H94N12O13/c1-4-52-47-69-77-58(43-59(71-63(52)77)75-18-7-6-8-56(75)17-24-78)66-44-51-11-16-60(67-45-51)89-41-40-88-39-38-87-37-36-86-35-34-85-33-32-84-31-30-83-29-28-82-27-26-81-25-23-76-62-55(48-90-65(76)80)46-68-64(72-62)70-49(3)53-12-14-54(15-13-53)57(42-50-9-10-50)73-19-21-74(22-20-73)61(79)5-2/h5,11-16,43,45-47,49-50,56-57,66,78H,2,4,6-10,17-42,44,48H2,1,3H3,(H,68,70,72)/t49-,56-,57-/m0/s1. The molecular formula is C65H94N12O13. The maximum absolute atomic E-state index is 12.9. The molecule has 3 aliphatic heterocycles. The van der Waals surface area contributed by atoms with E-state index < -0.39 is 6.09 Å². The molecule has 0 radical (unpaired) electrons. The number of carbonyl (C=O) groups is 2. The van der Waals surface area contributed by atoms with Gasteiger partial charge in [0.1, 0.15) is 30.7 Å². The highest BCUT2D eigenvalue weighted by Gasteiger charge is 2.33. The van der Waals surface area contributed by atoms with E-state index in [1.54, 1.807) is 12.4 Å². The van der Waals surface area contributed by atoms with E-state index in [-0.39, 0.29) is 44.4 Å². The molecule has 0 bridgehead atoms. The molecule has 0 spiro atoms. The Kier molecular flexibility index (Phi) is 27.9. The zero-order valence-electron chi connectivity index (χ0n) is 52.7. The van der Waals surface area contributed by atoms with Crippen molar-refractivity contribution in [1.29, 1.82) is 0 Å². The van der Waals surface area contributed by atoms with E-state index >= 15 is 0 Å². The molecule has 5 aromatic rings. The molecule has 492 valence electrons. The van der Waals surface area contributed by atoms with E-state index in [4.69, 9.17) is 57.3 Å². The van der Waals surface area contributed by atoms with E-state index in [1.807, 2.05) is 27.7 Å². The number of rotatable bonds is 43. The first-order chi connectivity index (χ1) is 44.3. The topological polar surface area (TPSA) is 253 Å². The van der Waals surface area contributed by atoms with E-state index in [9.17, 15) is 14.7 Å². The number of piperidine rings is 1. The quantitative estimate of drug-likeness (QED) is 0.0267. The van der Waals surface area contributed by atoms with Crippen molar-refractivity contribution in [3.05, 3.63) is 102 Å². The fraction of sp³-hybridized carbons (Fsp3) is 0.615. The van der Waals surface area contributed by atoms with E-state index in [1.165, 1.54) is 35.8 Å². The third-order valence-electron chi connectivity index (χ3n) is 16.4. The lowest BCUT2D eigenvalue weighted by Gasteiger charge is -2.39. The number of aromatic nitrogens is 6. The number of carbonyl (C=O) groups excluding carboxylic acids is 2. The molecule has 4 aromatic heterocycles. The molecular weight excluding hydrogens is 1160 g/mol. The fourth-order valence-electron chi connectivity index (χ4n) is 11.2. The fourth-order valence-corrected chi connectivity index (χ4v) is 11.2. The molecule has 4 aliphatic rings. The molecule has 3 fully saturated rings. The second-order valence-corrected chi connectivity index (χ2v) is 22.8.